The van der Waals surface area contributed by atoms with Crippen molar-refractivity contribution in [3.8, 4) is 16.9 Å². The molecule has 3 aromatic rings. The topological polar surface area (TPSA) is 41.4 Å². The zero-order valence-electron chi connectivity index (χ0n) is 16.0. The maximum Gasteiger partial charge on any atom is 0.274 e. The predicted octanol–water partition coefficient (Wildman–Crippen LogP) is 4.39. The fraction of sp³-hybridized carbons (Fsp3) is 0.333. The van der Waals surface area contributed by atoms with E-state index in [-0.39, 0.29) is 5.91 Å². The number of rotatable bonds is 2. The number of benzene rings is 1. The normalized spacial score (nSPS) is 16.6. The first-order valence-electron chi connectivity index (χ1n) is 9.65. The van der Waals surface area contributed by atoms with Crippen LogP contribution in [0.4, 0.5) is 0 Å². The molecule has 0 saturated carbocycles. The summed E-state index contributed by atoms with van der Waals surface area (Å²) in [5.41, 5.74) is 4.35. The number of amides is 1. The average molecular weight is 447 g/mol. The second kappa shape index (κ2) is 7.43. The van der Waals surface area contributed by atoms with E-state index in [1.807, 2.05) is 21.7 Å². The maximum atomic E-state index is 13.4. The van der Waals surface area contributed by atoms with Crippen LogP contribution in [0.3, 0.4) is 0 Å². The van der Waals surface area contributed by atoms with Gasteiger partial charge in [-0.05, 0) is 43.5 Å². The number of halogens is 2. The molecule has 150 valence electrons. The van der Waals surface area contributed by atoms with Gasteiger partial charge in [0.15, 0.2) is 5.69 Å². The standard InChI is InChI=1S/C21H20Cl2N4OS/c1-25-8-10-26(11-9-25)21(28)19-14-5-6-17-13(7-12-29-17)20(14)27(24-19)16-4-2-3-15(22)18(16)23/h2-4,7,12H,5-6,8-11H2,1H3. The van der Waals surface area contributed by atoms with Gasteiger partial charge in [0.05, 0.1) is 21.4 Å². The zero-order chi connectivity index (χ0) is 20.1. The van der Waals surface area contributed by atoms with Crippen LogP contribution in [0.2, 0.25) is 10.0 Å². The molecule has 5 rings (SSSR count). The van der Waals surface area contributed by atoms with Crippen molar-refractivity contribution in [1.29, 1.82) is 0 Å². The van der Waals surface area contributed by atoms with Crippen LogP contribution < -0.4 is 0 Å². The van der Waals surface area contributed by atoms with E-state index in [4.69, 9.17) is 28.3 Å². The molecular formula is C21H20Cl2N4OS. The number of hydrogen-bond acceptors (Lipinski definition) is 4. The maximum absolute atomic E-state index is 13.4. The summed E-state index contributed by atoms with van der Waals surface area (Å²) in [5, 5.41) is 7.82. The lowest BCUT2D eigenvalue weighted by Gasteiger charge is -2.32. The lowest BCUT2D eigenvalue weighted by atomic mass is 9.94. The molecular weight excluding hydrogens is 427 g/mol. The number of aromatic nitrogens is 2. The molecule has 2 aromatic heterocycles. The summed E-state index contributed by atoms with van der Waals surface area (Å²) in [7, 11) is 2.08. The summed E-state index contributed by atoms with van der Waals surface area (Å²) in [5.74, 6) is 0.00456. The van der Waals surface area contributed by atoms with Gasteiger partial charge in [-0.1, -0.05) is 29.3 Å². The monoisotopic (exact) mass is 446 g/mol. The minimum atomic E-state index is 0.00456. The van der Waals surface area contributed by atoms with Crippen molar-refractivity contribution in [2.24, 2.45) is 0 Å². The van der Waals surface area contributed by atoms with E-state index in [0.717, 1.165) is 55.8 Å². The molecule has 0 N–H and O–H groups in total. The highest BCUT2D eigenvalue weighted by Gasteiger charge is 2.32. The van der Waals surface area contributed by atoms with E-state index in [0.29, 0.717) is 21.4 Å². The Morgan fingerprint density at radius 2 is 1.90 bits per heavy atom. The molecule has 0 atom stereocenters. The number of hydrogen-bond donors (Lipinski definition) is 0. The van der Waals surface area contributed by atoms with Gasteiger partial charge in [0.2, 0.25) is 0 Å². The highest BCUT2D eigenvalue weighted by molar-refractivity contribution is 7.10. The third kappa shape index (κ3) is 3.19. The summed E-state index contributed by atoms with van der Waals surface area (Å²) in [6, 6.07) is 7.62. The molecule has 29 heavy (non-hydrogen) atoms. The van der Waals surface area contributed by atoms with E-state index in [1.54, 1.807) is 17.4 Å². The molecule has 5 nitrogen and oxygen atoms in total. The Hall–Kier alpha value is -1.86. The summed E-state index contributed by atoms with van der Waals surface area (Å²) in [6.45, 7) is 3.20. The fourth-order valence-corrected chi connectivity index (χ4v) is 5.36. The first-order chi connectivity index (χ1) is 14.0. The Balaban J connectivity index is 1.67. The van der Waals surface area contributed by atoms with Gasteiger partial charge in [-0.15, -0.1) is 11.3 Å². The van der Waals surface area contributed by atoms with Crippen molar-refractivity contribution in [2.75, 3.05) is 33.2 Å². The van der Waals surface area contributed by atoms with Gasteiger partial charge in [0.25, 0.3) is 5.91 Å². The average Bonchev–Trinajstić information content (AvgIpc) is 3.34. The summed E-state index contributed by atoms with van der Waals surface area (Å²) in [6.07, 6.45) is 1.73. The first-order valence-corrected chi connectivity index (χ1v) is 11.3. The highest BCUT2D eigenvalue weighted by atomic mass is 35.5. The number of piperazine rings is 1. The van der Waals surface area contributed by atoms with E-state index in [9.17, 15) is 4.79 Å². The molecule has 0 bridgehead atoms. The van der Waals surface area contributed by atoms with Crippen molar-refractivity contribution in [1.82, 2.24) is 19.6 Å². The van der Waals surface area contributed by atoms with Crippen LogP contribution >= 0.6 is 34.5 Å². The number of carbonyl (C=O) groups is 1. The summed E-state index contributed by atoms with van der Waals surface area (Å²) in [4.78, 5) is 18.9. The molecule has 1 aliphatic carbocycles. The predicted molar refractivity (Wildman–Crippen MR) is 118 cm³/mol. The zero-order valence-corrected chi connectivity index (χ0v) is 18.3. The van der Waals surface area contributed by atoms with Gasteiger partial charge in [0, 0.05) is 42.2 Å². The molecule has 0 radical (unpaired) electrons. The Morgan fingerprint density at radius 1 is 1.10 bits per heavy atom. The van der Waals surface area contributed by atoms with Crippen molar-refractivity contribution in [3.05, 3.63) is 55.8 Å². The lowest BCUT2D eigenvalue weighted by molar-refractivity contribution is 0.0656. The van der Waals surface area contributed by atoms with E-state index in [2.05, 4.69) is 23.4 Å². The second-order valence-corrected chi connectivity index (χ2v) is 9.30. The fourth-order valence-electron chi connectivity index (χ4n) is 4.11. The van der Waals surface area contributed by atoms with E-state index in [1.165, 1.54) is 4.88 Å². The summed E-state index contributed by atoms with van der Waals surface area (Å²) >= 11 is 14.6. The Morgan fingerprint density at radius 3 is 2.69 bits per heavy atom. The number of fused-ring (bicyclic) bond motifs is 3. The molecule has 0 spiro atoms. The third-order valence-electron chi connectivity index (χ3n) is 5.74. The van der Waals surface area contributed by atoms with Crippen LogP contribution in [0.5, 0.6) is 0 Å². The van der Waals surface area contributed by atoms with Gasteiger partial charge < -0.3 is 9.80 Å². The van der Waals surface area contributed by atoms with Gasteiger partial charge in [-0.3, -0.25) is 4.79 Å². The number of likely N-dealkylation sites (N-methyl/N-ethyl adjacent to an activating group) is 1. The van der Waals surface area contributed by atoms with Crippen LogP contribution in [-0.4, -0.2) is 58.7 Å². The van der Waals surface area contributed by atoms with Crippen LogP contribution in [-0.2, 0) is 12.8 Å². The molecule has 1 aromatic carbocycles. The van der Waals surface area contributed by atoms with Crippen LogP contribution in [0.1, 0.15) is 20.9 Å². The lowest BCUT2D eigenvalue weighted by Crippen LogP contribution is -2.47. The highest BCUT2D eigenvalue weighted by Crippen LogP contribution is 2.41. The minimum Gasteiger partial charge on any atom is -0.335 e. The molecule has 0 unspecified atom stereocenters. The van der Waals surface area contributed by atoms with Crippen LogP contribution in [0, 0.1) is 0 Å². The number of thiophene rings is 1. The molecule has 1 aliphatic heterocycles. The van der Waals surface area contributed by atoms with Crippen LogP contribution in [0.15, 0.2) is 29.6 Å². The first kappa shape index (κ1) is 19.1. The molecule has 8 heteroatoms. The van der Waals surface area contributed by atoms with E-state index >= 15 is 0 Å². The van der Waals surface area contributed by atoms with Crippen molar-refractivity contribution >= 4 is 40.4 Å². The van der Waals surface area contributed by atoms with Crippen LogP contribution in [0.25, 0.3) is 16.9 Å². The Kier molecular flexibility index (Phi) is 4.90. The van der Waals surface area contributed by atoms with Crippen molar-refractivity contribution < 1.29 is 4.79 Å². The Labute approximate surface area is 183 Å². The molecule has 1 saturated heterocycles. The van der Waals surface area contributed by atoms with Crippen molar-refractivity contribution in [2.45, 2.75) is 12.8 Å². The van der Waals surface area contributed by atoms with Gasteiger partial charge in [-0.2, -0.15) is 5.10 Å². The number of carbonyl (C=O) groups excluding carboxylic acids is 1. The second-order valence-electron chi connectivity index (χ2n) is 7.51. The number of aryl methyl sites for hydroxylation is 1. The van der Waals surface area contributed by atoms with E-state index < -0.39 is 0 Å². The van der Waals surface area contributed by atoms with Gasteiger partial charge in [-0.25, -0.2) is 4.68 Å². The molecule has 1 amide bonds. The third-order valence-corrected chi connectivity index (χ3v) is 7.53. The summed E-state index contributed by atoms with van der Waals surface area (Å²) < 4.78 is 1.82. The van der Waals surface area contributed by atoms with Gasteiger partial charge >= 0.3 is 0 Å². The SMILES string of the molecule is CN1CCN(C(=O)c2nn(-c3cccc(Cl)c3Cl)c3c2CCc2sccc2-3)CC1. The Bertz CT molecular complexity index is 1100. The smallest absolute Gasteiger partial charge is 0.274 e. The molecule has 3 heterocycles. The number of nitrogens with zero attached hydrogens (tertiary/aromatic N) is 4. The molecule has 2 aliphatic rings. The van der Waals surface area contributed by atoms with Crippen molar-refractivity contribution in [3.63, 3.8) is 0 Å². The largest absolute Gasteiger partial charge is 0.335 e. The quantitative estimate of drug-likeness (QED) is 0.585. The molecule has 1 fully saturated rings. The minimum absolute atomic E-state index is 0.00456. The van der Waals surface area contributed by atoms with Gasteiger partial charge in [0.1, 0.15) is 0 Å².